The average molecular weight is 689 g/mol. The highest BCUT2D eigenvalue weighted by molar-refractivity contribution is 7.27. The predicted molar refractivity (Wildman–Crippen MR) is 212 cm³/mol. The second-order valence-corrected chi connectivity index (χ2v) is 14.7. The Bertz CT molecular complexity index is 3160. The number of nitrogens with zero attached hydrogens (tertiary/aromatic N) is 4. The number of hydrogen-bond acceptors (Lipinski definition) is 7. The fourth-order valence-corrected chi connectivity index (χ4v) is 9.43. The van der Waals surface area contributed by atoms with Gasteiger partial charge in [-0.2, -0.15) is 0 Å². The van der Waals surface area contributed by atoms with Gasteiger partial charge >= 0.3 is 0 Å². The molecule has 4 aromatic heterocycles. The van der Waals surface area contributed by atoms with Crippen molar-refractivity contribution < 1.29 is 4.42 Å². The van der Waals surface area contributed by atoms with Crippen LogP contribution in [0.3, 0.4) is 0 Å². The van der Waals surface area contributed by atoms with E-state index in [4.69, 9.17) is 24.4 Å². The molecule has 7 aromatic carbocycles. The van der Waals surface area contributed by atoms with Gasteiger partial charge in [0, 0.05) is 53.2 Å². The van der Waals surface area contributed by atoms with Crippen molar-refractivity contribution in [2.24, 2.45) is 0 Å². The second-order valence-electron chi connectivity index (χ2n) is 12.6. The maximum Gasteiger partial charge on any atom is 0.165 e. The molecule has 0 aliphatic carbocycles. The van der Waals surface area contributed by atoms with Crippen LogP contribution < -0.4 is 0 Å². The Morgan fingerprint density at radius 2 is 1.16 bits per heavy atom. The lowest BCUT2D eigenvalue weighted by molar-refractivity contribution is 0.669. The Balaban J connectivity index is 1.09. The summed E-state index contributed by atoms with van der Waals surface area (Å²) in [5.74, 6) is 1.88. The maximum atomic E-state index is 6.24. The summed E-state index contributed by atoms with van der Waals surface area (Å²) >= 11 is 3.52. The van der Waals surface area contributed by atoms with Crippen molar-refractivity contribution in [2.75, 3.05) is 0 Å². The zero-order valence-electron chi connectivity index (χ0n) is 26.9. The van der Waals surface area contributed by atoms with Gasteiger partial charge in [0.05, 0.1) is 10.2 Å². The molecular weight excluding hydrogens is 665 g/mol. The highest BCUT2D eigenvalue weighted by Crippen LogP contribution is 2.43. The van der Waals surface area contributed by atoms with E-state index in [1.54, 1.807) is 22.7 Å². The number of fused-ring (bicyclic) bond motifs is 8. The van der Waals surface area contributed by atoms with Crippen LogP contribution >= 0.6 is 22.7 Å². The van der Waals surface area contributed by atoms with Crippen LogP contribution in [0.5, 0.6) is 0 Å². The molecule has 0 radical (unpaired) electrons. The van der Waals surface area contributed by atoms with Crippen LogP contribution in [0.25, 0.3) is 108 Å². The first kappa shape index (κ1) is 28.5. The summed E-state index contributed by atoms with van der Waals surface area (Å²) in [6, 6.07) is 50.3. The van der Waals surface area contributed by atoms with E-state index in [0.29, 0.717) is 17.5 Å². The van der Waals surface area contributed by atoms with Gasteiger partial charge in [-0.25, -0.2) is 19.9 Å². The second kappa shape index (κ2) is 11.1. The van der Waals surface area contributed by atoms with Gasteiger partial charge in [-0.05, 0) is 47.2 Å². The highest BCUT2D eigenvalue weighted by atomic mass is 32.1. The standard InChI is InChI=1S/C44H24N4OS2/c1-2-11-26(12-3-1)41-46-42(31-16-9-19-36-39(31)30-14-6-7-18-35(30)49-36)48-43(47-41)32-17-8-15-29-33-23-34-38(24-37(33)50-40(29)32)51-44(45-34)28-21-20-25-10-4-5-13-27(25)22-28/h1-24H. The molecule has 0 saturated heterocycles. The first-order chi connectivity index (χ1) is 25.2. The number of hydrogen-bond donors (Lipinski definition) is 0. The number of thiazole rings is 1. The molecule has 0 spiro atoms. The summed E-state index contributed by atoms with van der Waals surface area (Å²) in [5.41, 5.74) is 6.62. The molecule has 51 heavy (non-hydrogen) atoms. The monoisotopic (exact) mass is 688 g/mol. The van der Waals surface area contributed by atoms with E-state index in [1.807, 2.05) is 60.7 Å². The van der Waals surface area contributed by atoms with Crippen LogP contribution in [0.2, 0.25) is 0 Å². The van der Waals surface area contributed by atoms with Gasteiger partial charge < -0.3 is 4.42 Å². The Labute approximate surface area is 299 Å². The van der Waals surface area contributed by atoms with Crippen LogP contribution in [0.4, 0.5) is 0 Å². The van der Waals surface area contributed by atoms with E-state index in [2.05, 4.69) is 84.9 Å². The number of aromatic nitrogens is 4. The third-order valence-electron chi connectivity index (χ3n) is 9.56. The van der Waals surface area contributed by atoms with E-state index in [1.165, 1.54) is 30.9 Å². The summed E-state index contributed by atoms with van der Waals surface area (Å²) in [4.78, 5) is 20.5. The third kappa shape index (κ3) is 4.59. The zero-order chi connectivity index (χ0) is 33.5. The molecule has 4 heterocycles. The van der Waals surface area contributed by atoms with Crippen molar-refractivity contribution in [1.29, 1.82) is 0 Å². The summed E-state index contributed by atoms with van der Waals surface area (Å²) in [6.45, 7) is 0. The van der Waals surface area contributed by atoms with Crippen molar-refractivity contribution in [3.05, 3.63) is 146 Å². The van der Waals surface area contributed by atoms with E-state index >= 15 is 0 Å². The molecular formula is C44H24N4OS2. The molecule has 0 N–H and O–H groups in total. The van der Waals surface area contributed by atoms with Crippen molar-refractivity contribution >= 4 is 85.8 Å². The topological polar surface area (TPSA) is 64.7 Å². The first-order valence-corrected chi connectivity index (χ1v) is 18.3. The number of para-hydroxylation sites is 1. The van der Waals surface area contributed by atoms with Gasteiger partial charge in [-0.1, -0.05) is 109 Å². The molecule has 0 bridgehead atoms. The van der Waals surface area contributed by atoms with Crippen molar-refractivity contribution in [3.8, 4) is 44.7 Å². The van der Waals surface area contributed by atoms with Gasteiger partial charge in [0.25, 0.3) is 0 Å². The van der Waals surface area contributed by atoms with Crippen molar-refractivity contribution in [3.63, 3.8) is 0 Å². The largest absolute Gasteiger partial charge is 0.456 e. The summed E-state index contributed by atoms with van der Waals surface area (Å²) in [6.07, 6.45) is 0. The van der Waals surface area contributed by atoms with Crippen LogP contribution in [0.15, 0.2) is 150 Å². The summed E-state index contributed by atoms with van der Waals surface area (Å²) in [7, 11) is 0. The Hall–Kier alpha value is -6.28. The number of thiophene rings is 1. The van der Waals surface area contributed by atoms with E-state index in [-0.39, 0.29) is 0 Å². The maximum absolute atomic E-state index is 6.24. The number of furan rings is 1. The Kier molecular flexibility index (Phi) is 6.22. The lowest BCUT2D eigenvalue weighted by Gasteiger charge is -2.10. The molecule has 0 atom stereocenters. The van der Waals surface area contributed by atoms with Crippen molar-refractivity contribution in [2.45, 2.75) is 0 Å². The zero-order valence-corrected chi connectivity index (χ0v) is 28.5. The highest BCUT2D eigenvalue weighted by Gasteiger charge is 2.20. The molecule has 5 nitrogen and oxygen atoms in total. The van der Waals surface area contributed by atoms with Gasteiger partial charge in [0.2, 0.25) is 0 Å². The van der Waals surface area contributed by atoms with E-state index in [0.717, 1.165) is 59.4 Å². The minimum absolute atomic E-state index is 0.611. The Morgan fingerprint density at radius 3 is 2.08 bits per heavy atom. The van der Waals surface area contributed by atoms with Gasteiger partial charge in [0.15, 0.2) is 17.5 Å². The number of benzene rings is 7. The molecule has 0 aliphatic rings. The summed E-state index contributed by atoms with van der Waals surface area (Å²) < 4.78 is 9.77. The molecule has 0 amide bonds. The molecule has 0 aliphatic heterocycles. The normalized spacial score (nSPS) is 11.9. The molecule has 7 heteroatoms. The van der Waals surface area contributed by atoms with Crippen LogP contribution in [-0.4, -0.2) is 19.9 Å². The fraction of sp³-hybridized carbons (Fsp3) is 0. The number of rotatable bonds is 4. The SMILES string of the molecule is c1ccc(-c2nc(-c3cccc4c3sc3cc5sc(-c6ccc7ccccc7c6)nc5cc34)nc(-c3cccc4oc5ccccc5c34)n2)cc1. The van der Waals surface area contributed by atoms with Crippen LogP contribution in [-0.2, 0) is 0 Å². The quantitative estimate of drug-likeness (QED) is 0.184. The first-order valence-electron chi connectivity index (χ1n) is 16.7. The Morgan fingerprint density at radius 1 is 0.431 bits per heavy atom. The third-order valence-corrected chi connectivity index (χ3v) is 11.8. The fourth-order valence-electron chi connectivity index (χ4n) is 7.14. The smallest absolute Gasteiger partial charge is 0.165 e. The van der Waals surface area contributed by atoms with Gasteiger partial charge in [-0.3, -0.25) is 0 Å². The van der Waals surface area contributed by atoms with Crippen LogP contribution in [0, 0.1) is 0 Å². The molecule has 0 unspecified atom stereocenters. The van der Waals surface area contributed by atoms with Crippen LogP contribution in [0.1, 0.15) is 0 Å². The lowest BCUT2D eigenvalue weighted by atomic mass is 10.0. The predicted octanol–water partition coefficient (Wildman–Crippen LogP) is 12.6. The lowest BCUT2D eigenvalue weighted by Crippen LogP contribution is -2.00. The molecule has 238 valence electrons. The minimum atomic E-state index is 0.611. The molecule has 0 saturated carbocycles. The molecule has 0 fully saturated rings. The molecule has 11 aromatic rings. The van der Waals surface area contributed by atoms with Gasteiger partial charge in [-0.15, -0.1) is 22.7 Å². The van der Waals surface area contributed by atoms with Gasteiger partial charge in [0.1, 0.15) is 16.2 Å². The van der Waals surface area contributed by atoms with E-state index in [9.17, 15) is 0 Å². The minimum Gasteiger partial charge on any atom is -0.456 e. The summed E-state index contributed by atoms with van der Waals surface area (Å²) in [5, 5.41) is 7.88. The van der Waals surface area contributed by atoms with Crippen molar-refractivity contribution in [1.82, 2.24) is 19.9 Å². The average Bonchev–Trinajstić information content (AvgIpc) is 3.89. The molecule has 11 rings (SSSR count). The van der Waals surface area contributed by atoms with E-state index < -0.39 is 0 Å².